The fourth-order valence-electron chi connectivity index (χ4n) is 4.93. The summed E-state index contributed by atoms with van der Waals surface area (Å²) in [5, 5.41) is 0.597. The van der Waals surface area contributed by atoms with Gasteiger partial charge < -0.3 is 14.4 Å². The first kappa shape index (κ1) is 28.5. The number of hydrogen-bond acceptors (Lipinski definition) is 8. The van der Waals surface area contributed by atoms with Crippen LogP contribution in [0, 0.1) is 0 Å². The lowest BCUT2D eigenvalue weighted by atomic mass is 10.1. The summed E-state index contributed by atoms with van der Waals surface area (Å²) >= 11 is 1.47. The summed E-state index contributed by atoms with van der Waals surface area (Å²) in [5.41, 5.74) is 2.42. The average molecular weight is 587 g/mol. The minimum atomic E-state index is -3.78. The van der Waals surface area contributed by atoms with E-state index in [1.54, 1.807) is 24.0 Å². The van der Waals surface area contributed by atoms with Crippen molar-refractivity contribution in [2.45, 2.75) is 44.1 Å². The lowest BCUT2D eigenvalue weighted by Crippen LogP contribution is -2.50. The van der Waals surface area contributed by atoms with Gasteiger partial charge >= 0.3 is 6.09 Å². The molecule has 0 aliphatic carbocycles. The zero-order valence-corrected chi connectivity index (χ0v) is 24.4. The summed E-state index contributed by atoms with van der Waals surface area (Å²) < 4.78 is 39.8. The first-order valence-electron chi connectivity index (χ1n) is 13.6. The highest BCUT2D eigenvalue weighted by atomic mass is 32.2. The maximum atomic E-state index is 13.8. The van der Waals surface area contributed by atoms with Gasteiger partial charge in [-0.05, 0) is 68.1 Å². The van der Waals surface area contributed by atoms with Gasteiger partial charge in [0.15, 0.2) is 5.13 Å². The Labute approximate surface area is 238 Å². The van der Waals surface area contributed by atoms with Crippen LogP contribution in [0.15, 0.2) is 47.4 Å². The van der Waals surface area contributed by atoms with Crippen molar-refractivity contribution in [2.75, 3.05) is 50.8 Å². The lowest BCUT2D eigenvalue weighted by Gasteiger charge is -2.33. The van der Waals surface area contributed by atoms with Gasteiger partial charge in [0.1, 0.15) is 0 Å². The van der Waals surface area contributed by atoms with E-state index in [0.717, 1.165) is 29.5 Å². The Morgan fingerprint density at radius 3 is 2.50 bits per heavy atom. The number of benzene rings is 2. The van der Waals surface area contributed by atoms with Crippen molar-refractivity contribution in [2.24, 2.45) is 0 Å². The largest absolute Gasteiger partial charge is 0.450 e. The van der Waals surface area contributed by atoms with Crippen molar-refractivity contribution in [3.63, 3.8) is 0 Å². The van der Waals surface area contributed by atoms with Crippen molar-refractivity contribution >= 4 is 48.7 Å². The predicted molar refractivity (Wildman–Crippen MR) is 153 cm³/mol. The van der Waals surface area contributed by atoms with E-state index in [2.05, 4.69) is 13.0 Å². The van der Waals surface area contributed by atoms with Crippen LogP contribution in [-0.2, 0) is 25.9 Å². The summed E-state index contributed by atoms with van der Waals surface area (Å²) in [5.74, 6) is -0.253. The van der Waals surface area contributed by atoms with Crippen LogP contribution >= 0.6 is 11.3 Å². The zero-order valence-electron chi connectivity index (χ0n) is 22.7. The van der Waals surface area contributed by atoms with Gasteiger partial charge in [0, 0.05) is 38.3 Å². The molecule has 2 fully saturated rings. The monoisotopic (exact) mass is 586 g/mol. The number of carbonyl (C=O) groups is 2. The predicted octanol–water partition coefficient (Wildman–Crippen LogP) is 4.15. The Hall–Kier alpha value is -3.06. The molecule has 2 amide bonds. The van der Waals surface area contributed by atoms with Gasteiger partial charge in [0.25, 0.3) is 5.91 Å². The molecular weight excluding hydrogens is 552 g/mol. The number of nitrogens with zero attached hydrogens (tertiary/aromatic N) is 4. The highest BCUT2D eigenvalue weighted by Crippen LogP contribution is 2.32. The molecule has 2 aliphatic heterocycles. The number of aromatic nitrogens is 1. The van der Waals surface area contributed by atoms with E-state index in [-0.39, 0.29) is 49.7 Å². The van der Waals surface area contributed by atoms with Gasteiger partial charge in [-0.3, -0.25) is 9.69 Å². The van der Waals surface area contributed by atoms with Crippen molar-refractivity contribution in [1.82, 2.24) is 14.2 Å². The summed E-state index contributed by atoms with van der Waals surface area (Å²) in [6, 6.07) is 12.2. The van der Waals surface area contributed by atoms with Gasteiger partial charge in [0.05, 0.1) is 34.4 Å². The number of hydrogen-bond donors (Lipinski definition) is 0. The molecule has 0 radical (unpaired) electrons. The molecule has 0 bridgehead atoms. The van der Waals surface area contributed by atoms with Gasteiger partial charge in [-0.25, -0.2) is 18.2 Å². The second kappa shape index (κ2) is 12.2. The van der Waals surface area contributed by atoms with Gasteiger partial charge in [-0.2, -0.15) is 4.31 Å². The number of rotatable bonds is 8. The Morgan fingerprint density at radius 1 is 1.10 bits per heavy atom. The minimum absolute atomic E-state index is 0.0740. The number of sulfonamides is 1. The molecule has 2 saturated heterocycles. The first-order chi connectivity index (χ1) is 19.3. The maximum Gasteiger partial charge on any atom is 0.409 e. The third-order valence-electron chi connectivity index (χ3n) is 7.24. The van der Waals surface area contributed by atoms with E-state index < -0.39 is 16.1 Å². The summed E-state index contributed by atoms with van der Waals surface area (Å²) in [6.45, 7) is 6.02. The van der Waals surface area contributed by atoms with E-state index in [1.165, 1.54) is 38.2 Å². The van der Waals surface area contributed by atoms with Crippen LogP contribution in [0.25, 0.3) is 10.2 Å². The van der Waals surface area contributed by atoms with Crippen LogP contribution < -0.4 is 4.90 Å². The number of amides is 2. The summed E-state index contributed by atoms with van der Waals surface area (Å²) in [6.07, 6.45) is 2.23. The van der Waals surface area contributed by atoms with E-state index in [0.29, 0.717) is 23.8 Å². The van der Waals surface area contributed by atoms with E-state index >= 15 is 0 Å². The van der Waals surface area contributed by atoms with Crippen LogP contribution in [0.3, 0.4) is 0 Å². The van der Waals surface area contributed by atoms with Crippen LogP contribution in [0.5, 0.6) is 0 Å². The molecule has 3 heterocycles. The molecule has 214 valence electrons. The summed E-state index contributed by atoms with van der Waals surface area (Å²) in [7, 11) is -3.78. The molecule has 3 aromatic rings. The normalized spacial score (nSPS) is 18.2. The van der Waals surface area contributed by atoms with Gasteiger partial charge in [-0.1, -0.05) is 24.3 Å². The Bertz CT molecular complexity index is 1460. The molecule has 40 heavy (non-hydrogen) atoms. The van der Waals surface area contributed by atoms with Gasteiger partial charge in [0.2, 0.25) is 10.0 Å². The number of fused-ring (bicyclic) bond motifs is 1. The van der Waals surface area contributed by atoms with Crippen LogP contribution in [-0.4, -0.2) is 86.6 Å². The second-order valence-corrected chi connectivity index (χ2v) is 12.8. The van der Waals surface area contributed by atoms with Crippen LogP contribution in [0.2, 0.25) is 0 Å². The number of ether oxygens (including phenoxy) is 2. The van der Waals surface area contributed by atoms with Gasteiger partial charge in [-0.15, -0.1) is 0 Å². The molecule has 0 spiro atoms. The number of carbonyl (C=O) groups excluding carboxylic acids is 2. The highest BCUT2D eigenvalue weighted by molar-refractivity contribution is 7.89. The molecule has 2 aliphatic rings. The fraction of sp³-hybridized carbons (Fsp3) is 0.464. The minimum Gasteiger partial charge on any atom is -0.450 e. The van der Waals surface area contributed by atoms with Crippen molar-refractivity contribution in [1.29, 1.82) is 0 Å². The van der Waals surface area contributed by atoms with Crippen molar-refractivity contribution < 1.29 is 27.5 Å². The fourth-order valence-corrected chi connectivity index (χ4v) is 7.39. The SMILES string of the molecule is CCOC(=O)N1CCN(S(=O)(=O)c2ccc(C(=O)N(CC3CCCO3)c3nc4ccc(CC)cc4s3)cc2)CC1. The van der Waals surface area contributed by atoms with Crippen LogP contribution in [0.4, 0.5) is 9.93 Å². The van der Waals surface area contributed by atoms with Crippen molar-refractivity contribution in [3.05, 3.63) is 53.6 Å². The molecular formula is C28H34N4O6S2. The smallest absolute Gasteiger partial charge is 0.409 e. The number of thiazole rings is 1. The third-order valence-corrected chi connectivity index (χ3v) is 10.2. The molecule has 1 aromatic heterocycles. The topological polar surface area (TPSA) is 109 Å². The average Bonchev–Trinajstić information content (AvgIpc) is 3.65. The Balaban J connectivity index is 1.34. The molecule has 2 aromatic carbocycles. The highest BCUT2D eigenvalue weighted by Gasteiger charge is 2.32. The van der Waals surface area contributed by atoms with E-state index in [4.69, 9.17) is 14.5 Å². The van der Waals surface area contributed by atoms with Crippen molar-refractivity contribution in [3.8, 4) is 0 Å². The zero-order chi connectivity index (χ0) is 28.3. The molecule has 0 N–H and O–H groups in total. The number of anilines is 1. The molecule has 5 rings (SSSR count). The lowest BCUT2D eigenvalue weighted by molar-refractivity contribution is 0.0916. The maximum absolute atomic E-state index is 13.8. The van der Waals surface area contributed by atoms with E-state index in [9.17, 15) is 18.0 Å². The summed E-state index contributed by atoms with van der Waals surface area (Å²) in [4.78, 5) is 33.8. The molecule has 12 heteroatoms. The van der Waals surface area contributed by atoms with Crippen LogP contribution in [0.1, 0.15) is 42.6 Å². The molecule has 10 nitrogen and oxygen atoms in total. The number of piperazine rings is 1. The Morgan fingerprint density at radius 2 is 1.85 bits per heavy atom. The quantitative estimate of drug-likeness (QED) is 0.390. The van der Waals surface area contributed by atoms with E-state index in [1.807, 2.05) is 12.1 Å². The molecule has 1 unspecified atom stereocenters. The standard InChI is InChI=1S/C28H34N4O6S2/c1-3-20-7-12-24-25(18-20)39-27(29-24)32(19-22-6-5-17-38-22)26(33)21-8-10-23(11-9-21)40(35,36)31-15-13-30(14-16-31)28(34)37-4-2/h7-12,18,22H,3-6,13-17,19H2,1-2H3. The first-order valence-corrected chi connectivity index (χ1v) is 15.9. The molecule has 0 saturated carbocycles. The second-order valence-electron chi connectivity index (χ2n) is 9.82. The Kier molecular flexibility index (Phi) is 8.69. The third kappa shape index (κ3) is 5.99. The molecule has 1 atom stereocenters. The number of aryl methyl sites for hydroxylation is 1.